The van der Waals surface area contributed by atoms with Crippen molar-refractivity contribution in [2.45, 2.75) is 26.1 Å². The largest absolute Gasteiger partial charge is 0.418 e. The van der Waals surface area contributed by atoms with E-state index in [4.69, 9.17) is 0 Å². The van der Waals surface area contributed by atoms with Crippen LogP contribution in [0.5, 0.6) is 0 Å². The Labute approximate surface area is 149 Å². The van der Waals surface area contributed by atoms with Gasteiger partial charge in [0.05, 0.1) is 17.8 Å². The van der Waals surface area contributed by atoms with Gasteiger partial charge >= 0.3 is 6.18 Å². The van der Waals surface area contributed by atoms with Crippen molar-refractivity contribution in [2.75, 3.05) is 11.9 Å². The molecule has 0 aliphatic carbocycles. The van der Waals surface area contributed by atoms with Gasteiger partial charge in [-0.3, -0.25) is 4.79 Å². The minimum absolute atomic E-state index is 0.0933. The molecule has 26 heavy (non-hydrogen) atoms. The Morgan fingerprint density at radius 3 is 2.23 bits per heavy atom. The molecule has 2 rings (SSSR count). The third-order valence-electron chi connectivity index (χ3n) is 3.88. The van der Waals surface area contributed by atoms with Crippen LogP contribution in [0.1, 0.15) is 31.0 Å². The number of amides is 1. The zero-order valence-corrected chi connectivity index (χ0v) is 14.4. The van der Waals surface area contributed by atoms with Gasteiger partial charge in [0, 0.05) is 6.04 Å². The van der Waals surface area contributed by atoms with E-state index in [2.05, 4.69) is 10.6 Å². The van der Waals surface area contributed by atoms with Crippen molar-refractivity contribution in [1.82, 2.24) is 5.32 Å². The predicted molar refractivity (Wildman–Crippen MR) is 92.1 cm³/mol. The molecule has 0 bridgehead atoms. The van der Waals surface area contributed by atoms with Crippen molar-refractivity contribution in [2.24, 2.45) is 5.92 Å². The highest BCUT2D eigenvalue weighted by Gasteiger charge is 2.33. The van der Waals surface area contributed by atoms with E-state index in [0.29, 0.717) is 0 Å². The predicted octanol–water partition coefficient (Wildman–Crippen LogP) is 4.77. The Balaban J connectivity index is 2.05. The maximum atomic E-state index is 13.1. The summed E-state index contributed by atoms with van der Waals surface area (Å²) in [6.07, 6.45) is -4.55. The molecule has 0 aromatic heterocycles. The summed E-state index contributed by atoms with van der Waals surface area (Å²) in [5.41, 5.74) is -0.383. The lowest BCUT2D eigenvalue weighted by atomic mass is 9.96. The fourth-order valence-corrected chi connectivity index (χ4v) is 2.64. The second-order valence-corrected chi connectivity index (χ2v) is 6.25. The van der Waals surface area contributed by atoms with E-state index in [0.717, 1.165) is 11.6 Å². The first-order valence-corrected chi connectivity index (χ1v) is 8.13. The number of hydrogen-bond acceptors (Lipinski definition) is 2. The van der Waals surface area contributed by atoms with E-state index in [9.17, 15) is 22.4 Å². The van der Waals surface area contributed by atoms with E-state index < -0.39 is 17.6 Å². The van der Waals surface area contributed by atoms with Crippen LogP contribution in [0.25, 0.3) is 0 Å². The maximum absolute atomic E-state index is 13.1. The van der Waals surface area contributed by atoms with Crippen molar-refractivity contribution < 1.29 is 22.4 Å². The molecular formula is C19H20F4N2O. The quantitative estimate of drug-likeness (QED) is 0.721. The van der Waals surface area contributed by atoms with Crippen LogP contribution >= 0.6 is 0 Å². The van der Waals surface area contributed by atoms with Gasteiger partial charge in [-0.25, -0.2) is 4.39 Å². The first-order chi connectivity index (χ1) is 12.2. The molecule has 0 aliphatic heterocycles. The first kappa shape index (κ1) is 19.9. The van der Waals surface area contributed by atoms with Crippen molar-refractivity contribution in [3.63, 3.8) is 0 Å². The number of carbonyl (C=O) groups excluding carboxylic acids is 1. The molecule has 0 saturated heterocycles. The maximum Gasteiger partial charge on any atom is 0.418 e. The smallest absolute Gasteiger partial charge is 0.324 e. The van der Waals surface area contributed by atoms with Crippen LogP contribution < -0.4 is 10.6 Å². The highest BCUT2D eigenvalue weighted by atomic mass is 19.4. The minimum atomic E-state index is -4.55. The fraction of sp³-hybridized carbons (Fsp3) is 0.316. The summed E-state index contributed by atoms with van der Waals surface area (Å²) in [6.45, 7) is 3.68. The summed E-state index contributed by atoms with van der Waals surface area (Å²) in [7, 11) is 0. The lowest BCUT2D eigenvalue weighted by Gasteiger charge is -2.23. The zero-order valence-electron chi connectivity index (χ0n) is 14.4. The molecule has 0 fully saturated rings. The normalized spacial score (nSPS) is 12.9. The lowest BCUT2D eigenvalue weighted by Crippen LogP contribution is -2.34. The molecule has 0 spiro atoms. The number of alkyl halides is 3. The van der Waals surface area contributed by atoms with Gasteiger partial charge in [0.2, 0.25) is 5.91 Å². The van der Waals surface area contributed by atoms with Crippen molar-refractivity contribution >= 4 is 11.6 Å². The number of rotatable bonds is 6. The lowest BCUT2D eigenvalue weighted by molar-refractivity contribution is -0.137. The molecule has 2 N–H and O–H groups in total. The Morgan fingerprint density at radius 1 is 1.04 bits per heavy atom. The third-order valence-corrected chi connectivity index (χ3v) is 3.88. The van der Waals surface area contributed by atoms with Gasteiger partial charge in [0.1, 0.15) is 5.82 Å². The number of para-hydroxylation sites is 1. The molecular weight excluding hydrogens is 348 g/mol. The van der Waals surface area contributed by atoms with Crippen LogP contribution in [0.15, 0.2) is 48.5 Å². The summed E-state index contributed by atoms with van der Waals surface area (Å²) in [4.78, 5) is 12.1. The van der Waals surface area contributed by atoms with Gasteiger partial charge in [0.15, 0.2) is 0 Å². The first-order valence-electron chi connectivity index (χ1n) is 8.13. The Morgan fingerprint density at radius 2 is 1.65 bits per heavy atom. The number of carbonyl (C=O) groups is 1. The molecule has 0 radical (unpaired) electrons. The van der Waals surface area contributed by atoms with Gasteiger partial charge in [-0.15, -0.1) is 0 Å². The summed E-state index contributed by atoms with van der Waals surface area (Å²) in [5.74, 6) is -0.858. The van der Waals surface area contributed by atoms with Crippen LogP contribution in [0.4, 0.5) is 23.2 Å². The van der Waals surface area contributed by atoms with Crippen molar-refractivity contribution in [3.8, 4) is 0 Å². The Kier molecular flexibility index (Phi) is 6.37. The number of benzene rings is 2. The van der Waals surface area contributed by atoms with Crippen molar-refractivity contribution in [1.29, 1.82) is 0 Å². The molecule has 3 nitrogen and oxygen atoms in total. The van der Waals surface area contributed by atoms with E-state index in [1.54, 1.807) is 12.1 Å². The number of halogens is 4. The van der Waals surface area contributed by atoms with Gasteiger partial charge in [0.25, 0.3) is 0 Å². The van der Waals surface area contributed by atoms with E-state index in [1.807, 2.05) is 13.8 Å². The number of hydrogen-bond donors (Lipinski definition) is 2. The van der Waals surface area contributed by atoms with E-state index >= 15 is 0 Å². The molecule has 0 heterocycles. The van der Waals surface area contributed by atoms with Crippen LogP contribution in [-0.2, 0) is 11.0 Å². The second-order valence-electron chi connectivity index (χ2n) is 6.25. The zero-order chi connectivity index (χ0) is 19.3. The Hall–Kier alpha value is -2.41. The van der Waals surface area contributed by atoms with E-state index in [1.165, 1.54) is 30.3 Å². The second kappa shape index (κ2) is 8.31. The molecule has 1 atom stereocenters. The number of anilines is 1. The average molecular weight is 368 g/mol. The summed E-state index contributed by atoms with van der Waals surface area (Å²) < 4.78 is 52.0. The molecule has 0 aliphatic rings. The van der Waals surface area contributed by atoms with Crippen molar-refractivity contribution in [3.05, 3.63) is 65.5 Å². The molecule has 1 unspecified atom stereocenters. The molecule has 140 valence electrons. The topological polar surface area (TPSA) is 41.1 Å². The standard InChI is InChI=1S/C19H20F4N2O/c1-12(2)18(13-7-9-14(20)10-8-13)24-11-17(26)25-16-6-4-3-5-15(16)19(21,22)23/h3-10,12,18,24H,11H2,1-2H3,(H,25,26). The van der Waals surface area contributed by atoms with Gasteiger partial charge in [-0.1, -0.05) is 38.1 Å². The fourth-order valence-electron chi connectivity index (χ4n) is 2.64. The van der Waals surface area contributed by atoms with E-state index in [-0.39, 0.29) is 30.0 Å². The minimum Gasteiger partial charge on any atom is -0.324 e. The van der Waals surface area contributed by atoms with Gasteiger partial charge < -0.3 is 10.6 Å². The molecule has 2 aromatic rings. The third kappa shape index (κ3) is 5.29. The Bertz CT molecular complexity index is 742. The molecule has 2 aromatic carbocycles. The summed E-state index contributed by atoms with van der Waals surface area (Å²) >= 11 is 0. The average Bonchev–Trinajstić information content (AvgIpc) is 2.56. The van der Waals surface area contributed by atoms with Gasteiger partial charge in [-0.2, -0.15) is 13.2 Å². The van der Waals surface area contributed by atoms with Gasteiger partial charge in [-0.05, 0) is 35.7 Å². The molecule has 0 saturated carbocycles. The monoisotopic (exact) mass is 368 g/mol. The highest BCUT2D eigenvalue weighted by molar-refractivity contribution is 5.93. The molecule has 1 amide bonds. The van der Waals surface area contributed by atoms with Crippen LogP contribution in [-0.4, -0.2) is 12.5 Å². The van der Waals surface area contributed by atoms with Crippen LogP contribution in [0, 0.1) is 11.7 Å². The summed E-state index contributed by atoms with van der Waals surface area (Å²) in [6, 6.07) is 10.5. The molecule has 7 heteroatoms. The highest BCUT2D eigenvalue weighted by Crippen LogP contribution is 2.34. The SMILES string of the molecule is CC(C)C(NCC(=O)Nc1ccccc1C(F)(F)F)c1ccc(F)cc1. The number of nitrogens with one attached hydrogen (secondary N) is 2. The summed E-state index contributed by atoms with van der Waals surface area (Å²) in [5, 5.41) is 5.31. The van der Waals surface area contributed by atoms with Crippen LogP contribution in [0.2, 0.25) is 0 Å². The van der Waals surface area contributed by atoms with Crippen LogP contribution in [0.3, 0.4) is 0 Å².